The summed E-state index contributed by atoms with van der Waals surface area (Å²) in [5.74, 6) is 0.528. The molecular weight excluding hydrogens is 296 g/mol. The highest BCUT2D eigenvalue weighted by Crippen LogP contribution is 2.20. The van der Waals surface area contributed by atoms with Crippen molar-refractivity contribution in [2.24, 2.45) is 5.73 Å². The Balaban J connectivity index is 0.00000200. The summed E-state index contributed by atoms with van der Waals surface area (Å²) in [7, 11) is 0. The minimum atomic E-state index is 0. The molecule has 5 nitrogen and oxygen atoms in total. The summed E-state index contributed by atoms with van der Waals surface area (Å²) in [6.45, 7) is 5.25. The zero-order valence-electron chi connectivity index (χ0n) is 11.8. The van der Waals surface area contributed by atoms with Gasteiger partial charge in [-0.1, -0.05) is 11.8 Å². The molecule has 0 bridgehead atoms. The van der Waals surface area contributed by atoms with E-state index in [1.54, 1.807) is 0 Å². The molecule has 1 aromatic rings. The van der Waals surface area contributed by atoms with Gasteiger partial charge in [0.05, 0.1) is 5.75 Å². The number of aromatic nitrogens is 2. The van der Waals surface area contributed by atoms with Crippen molar-refractivity contribution in [3.05, 3.63) is 17.5 Å². The van der Waals surface area contributed by atoms with Crippen molar-refractivity contribution < 1.29 is 4.79 Å². The van der Waals surface area contributed by atoms with Gasteiger partial charge in [0.15, 0.2) is 5.16 Å². The fraction of sp³-hybridized carbons (Fsp3) is 0.615. The molecule has 1 aliphatic rings. The Morgan fingerprint density at radius 2 is 2.10 bits per heavy atom. The molecule has 1 aliphatic heterocycles. The number of carbonyl (C=O) groups is 1. The van der Waals surface area contributed by atoms with E-state index in [1.165, 1.54) is 11.8 Å². The summed E-state index contributed by atoms with van der Waals surface area (Å²) < 4.78 is 0. The van der Waals surface area contributed by atoms with Crippen LogP contribution in [-0.4, -0.2) is 45.7 Å². The minimum absolute atomic E-state index is 0. The average molecular weight is 317 g/mol. The molecule has 20 heavy (non-hydrogen) atoms. The number of halogens is 1. The third kappa shape index (κ3) is 4.33. The van der Waals surface area contributed by atoms with Crippen LogP contribution in [0.15, 0.2) is 11.2 Å². The maximum Gasteiger partial charge on any atom is 0.233 e. The first kappa shape index (κ1) is 17.2. The zero-order chi connectivity index (χ0) is 13.8. The van der Waals surface area contributed by atoms with E-state index in [0.717, 1.165) is 30.8 Å². The third-order valence-electron chi connectivity index (χ3n) is 3.26. The molecule has 1 amide bonds. The van der Waals surface area contributed by atoms with Gasteiger partial charge < -0.3 is 10.6 Å². The van der Waals surface area contributed by atoms with E-state index >= 15 is 0 Å². The van der Waals surface area contributed by atoms with E-state index in [9.17, 15) is 4.79 Å². The highest BCUT2D eigenvalue weighted by atomic mass is 35.5. The number of aryl methyl sites for hydroxylation is 2. The Bertz CT molecular complexity index is 451. The molecule has 2 heterocycles. The minimum Gasteiger partial charge on any atom is -0.338 e. The number of carbonyl (C=O) groups excluding carboxylic acids is 1. The maximum absolute atomic E-state index is 12.2. The van der Waals surface area contributed by atoms with Crippen molar-refractivity contribution in [2.45, 2.75) is 37.9 Å². The van der Waals surface area contributed by atoms with Gasteiger partial charge in [-0.3, -0.25) is 4.79 Å². The molecule has 1 fully saturated rings. The quantitative estimate of drug-likeness (QED) is 0.674. The van der Waals surface area contributed by atoms with Crippen molar-refractivity contribution in [2.75, 3.05) is 18.8 Å². The second-order valence-corrected chi connectivity index (χ2v) is 5.78. The number of amides is 1. The van der Waals surface area contributed by atoms with Crippen LogP contribution in [0.3, 0.4) is 0 Å². The first-order chi connectivity index (χ1) is 9.10. The van der Waals surface area contributed by atoms with Gasteiger partial charge >= 0.3 is 0 Å². The van der Waals surface area contributed by atoms with Crippen LogP contribution >= 0.6 is 24.2 Å². The molecule has 0 saturated carbocycles. The second kappa shape index (κ2) is 7.81. The van der Waals surface area contributed by atoms with E-state index in [-0.39, 0.29) is 24.4 Å². The normalized spacial score (nSPS) is 17.9. The molecule has 0 aliphatic carbocycles. The maximum atomic E-state index is 12.2. The first-order valence-electron chi connectivity index (χ1n) is 6.55. The summed E-state index contributed by atoms with van der Waals surface area (Å²) in [5.41, 5.74) is 7.55. The van der Waals surface area contributed by atoms with Crippen molar-refractivity contribution in [1.82, 2.24) is 14.9 Å². The van der Waals surface area contributed by atoms with E-state index in [4.69, 9.17) is 5.73 Å². The van der Waals surface area contributed by atoms with Gasteiger partial charge in [0.1, 0.15) is 0 Å². The van der Waals surface area contributed by atoms with Crippen molar-refractivity contribution in [3.63, 3.8) is 0 Å². The average Bonchev–Trinajstić information content (AvgIpc) is 2.83. The van der Waals surface area contributed by atoms with Crippen LogP contribution in [0.4, 0.5) is 0 Å². The van der Waals surface area contributed by atoms with Gasteiger partial charge in [0.25, 0.3) is 0 Å². The van der Waals surface area contributed by atoms with Crippen LogP contribution in [0.5, 0.6) is 0 Å². The number of thioether (sulfide) groups is 1. The summed E-state index contributed by atoms with van der Waals surface area (Å²) >= 11 is 1.40. The Labute approximate surface area is 130 Å². The molecule has 2 rings (SSSR count). The number of nitrogens with zero attached hydrogens (tertiary/aromatic N) is 3. The zero-order valence-corrected chi connectivity index (χ0v) is 13.5. The Morgan fingerprint density at radius 3 is 2.70 bits per heavy atom. The van der Waals surface area contributed by atoms with Crippen molar-refractivity contribution in [1.29, 1.82) is 0 Å². The fourth-order valence-electron chi connectivity index (χ4n) is 2.38. The highest BCUT2D eigenvalue weighted by molar-refractivity contribution is 7.99. The van der Waals surface area contributed by atoms with Crippen molar-refractivity contribution >= 4 is 30.1 Å². The van der Waals surface area contributed by atoms with Crippen molar-refractivity contribution in [3.8, 4) is 0 Å². The molecule has 112 valence electrons. The third-order valence-corrected chi connectivity index (χ3v) is 4.09. The van der Waals surface area contributed by atoms with Crippen LogP contribution in [-0.2, 0) is 4.79 Å². The Hall–Kier alpha value is -0.850. The summed E-state index contributed by atoms with van der Waals surface area (Å²) in [4.78, 5) is 22.7. The van der Waals surface area contributed by atoms with Crippen LogP contribution in [0.1, 0.15) is 24.2 Å². The van der Waals surface area contributed by atoms with Crippen LogP contribution < -0.4 is 5.73 Å². The van der Waals surface area contributed by atoms with Gasteiger partial charge in [0.2, 0.25) is 5.91 Å². The fourth-order valence-corrected chi connectivity index (χ4v) is 3.21. The lowest BCUT2D eigenvalue weighted by Gasteiger charge is -2.23. The van der Waals surface area contributed by atoms with E-state index in [0.29, 0.717) is 17.5 Å². The Kier molecular flexibility index (Phi) is 6.71. The molecule has 0 aromatic carbocycles. The first-order valence-corrected chi connectivity index (χ1v) is 7.53. The smallest absolute Gasteiger partial charge is 0.233 e. The molecule has 2 N–H and O–H groups in total. The van der Waals surface area contributed by atoms with Gasteiger partial charge in [-0.25, -0.2) is 9.97 Å². The molecular formula is C13H21ClN4OS. The lowest BCUT2D eigenvalue weighted by atomic mass is 10.2. The molecule has 1 aromatic heterocycles. The summed E-state index contributed by atoms with van der Waals surface area (Å²) in [6.07, 6.45) is 2.07. The van der Waals surface area contributed by atoms with E-state index in [2.05, 4.69) is 9.97 Å². The lowest BCUT2D eigenvalue weighted by molar-refractivity contribution is -0.128. The number of hydrogen-bond donors (Lipinski definition) is 1. The monoisotopic (exact) mass is 316 g/mol. The lowest BCUT2D eigenvalue weighted by Crippen LogP contribution is -2.40. The number of hydrogen-bond acceptors (Lipinski definition) is 5. The van der Waals surface area contributed by atoms with Gasteiger partial charge in [0, 0.05) is 30.5 Å². The number of nitrogens with two attached hydrogens (primary N) is 1. The van der Waals surface area contributed by atoms with Gasteiger partial charge in [-0.2, -0.15) is 0 Å². The molecule has 1 unspecified atom stereocenters. The summed E-state index contributed by atoms with van der Waals surface area (Å²) in [6, 6.07) is 2.14. The molecule has 1 atom stereocenters. The standard InChI is InChI=1S/C13H20N4OS.ClH/c1-9-6-10(2)16-13(15-9)19-8-12(18)17-5-3-4-11(17)7-14;/h6,11H,3-5,7-8,14H2,1-2H3;1H. The topological polar surface area (TPSA) is 72.1 Å². The summed E-state index contributed by atoms with van der Waals surface area (Å²) in [5, 5.41) is 0.675. The highest BCUT2D eigenvalue weighted by Gasteiger charge is 2.27. The molecule has 7 heteroatoms. The predicted octanol–water partition coefficient (Wildman–Crippen LogP) is 1.56. The Morgan fingerprint density at radius 1 is 1.45 bits per heavy atom. The molecule has 1 saturated heterocycles. The van der Waals surface area contributed by atoms with E-state index in [1.807, 2.05) is 24.8 Å². The number of likely N-dealkylation sites (tertiary alicyclic amines) is 1. The van der Waals surface area contributed by atoms with Crippen LogP contribution in [0, 0.1) is 13.8 Å². The van der Waals surface area contributed by atoms with Gasteiger partial charge in [-0.15, -0.1) is 12.4 Å². The van der Waals surface area contributed by atoms with Gasteiger partial charge in [-0.05, 0) is 32.8 Å². The number of rotatable bonds is 4. The largest absolute Gasteiger partial charge is 0.338 e. The second-order valence-electron chi connectivity index (χ2n) is 4.84. The van der Waals surface area contributed by atoms with Crippen LogP contribution in [0.25, 0.3) is 0 Å². The van der Waals surface area contributed by atoms with Crippen LogP contribution in [0.2, 0.25) is 0 Å². The SMILES string of the molecule is Cc1cc(C)nc(SCC(=O)N2CCCC2CN)n1.Cl. The molecule has 0 radical (unpaired) electrons. The van der Waals surface area contributed by atoms with E-state index < -0.39 is 0 Å². The predicted molar refractivity (Wildman–Crippen MR) is 83.3 cm³/mol. The molecule has 0 spiro atoms.